The highest BCUT2D eigenvalue weighted by Crippen LogP contribution is 2.53. The van der Waals surface area contributed by atoms with E-state index in [2.05, 4.69) is 17.1 Å². The highest BCUT2D eigenvalue weighted by molar-refractivity contribution is 8.60. The van der Waals surface area contributed by atoms with E-state index in [1.807, 2.05) is 39.8 Å². The molecule has 0 amide bonds. The van der Waals surface area contributed by atoms with E-state index >= 15 is 0 Å². The molecule has 2 N–H and O–H groups in total. The molecule has 12 heteroatoms. The minimum Gasteiger partial charge on any atom is -0.465 e. The molecule has 0 unspecified atom stereocenters. The molecule has 0 radical (unpaired) electrons. The second-order valence-corrected chi connectivity index (χ2v) is 15.5. The number of benzene rings is 2. The summed E-state index contributed by atoms with van der Waals surface area (Å²) in [5, 5.41) is 0. The number of aryl methyl sites for hydroxylation is 2. The summed E-state index contributed by atoms with van der Waals surface area (Å²) in [6.45, 7) is 15.8. The van der Waals surface area contributed by atoms with Gasteiger partial charge in [-0.05, 0) is 111 Å². The Hall–Kier alpha value is -2.32. The normalized spacial score (nSPS) is 13.5. The topological polar surface area (TPSA) is 101 Å². The lowest BCUT2D eigenvalue weighted by Crippen LogP contribution is -2.15. The first-order chi connectivity index (χ1) is 19.8. The maximum Gasteiger partial charge on any atom is 0.338 e. The van der Waals surface area contributed by atoms with Crippen LogP contribution < -0.4 is 5.73 Å². The summed E-state index contributed by atoms with van der Waals surface area (Å²) in [5.74, 6) is 0.360. The number of methoxy groups -OCH3 is 2. The molecule has 0 aromatic heterocycles. The quantitative estimate of drug-likeness (QED) is 0.0899. The van der Waals surface area contributed by atoms with Gasteiger partial charge in [-0.3, -0.25) is 0 Å². The molecule has 2 aliphatic carbocycles. The predicted molar refractivity (Wildman–Crippen MR) is 184 cm³/mol. The maximum atomic E-state index is 11.6. The molecule has 0 spiro atoms. The van der Waals surface area contributed by atoms with Crippen molar-refractivity contribution in [2.75, 3.05) is 27.4 Å². The minimum absolute atomic E-state index is 0. The fourth-order valence-corrected chi connectivity index (χ4v) is 6.47. The van der Waals surface area contributed by atoms with Crippen LogP contribution in [0.25, 0.3) is 4.85 Å². The number of hydrogen-bond acceptors (Lipinski definition) is 8. The van der Waals surface area contributed by atoms with Crippen molar-refractivity contribution in [2.45, 2.75) is 72.6 Å². The minimum atomic E-state index is -2.16. The molecule has 0 saturated heterocycles. The van der Waals surface area contributed by atoms with Crippen molar-refractivity contribution in [2.24, 2.45) is 5.73 Å². The van der Waals surface area contributed by atoms with E-state index in [1.54, 1.807) is 12.1 Å². The van der Waals surface area contributed by atoms with Crippen LogP contribution in [-0.4, -0.2) is 44.4 Å². The fraction of sp³-hybridized carbons (Fsp3) is 0.484. The Morgan fingerprint density at radius 1 is 0.907 bits per heavy atom. The molecule has 0 atom stereocenters. The van der Waals surface area contributed by atoms with Crippen LogP contribution in [-0.2, 0) is 30.3 Å². The molecule has 0 heterocycles. The molecule has 0 aliphatic heterocycles. The monoisotopic (exact) mass is 666 g/mol. The number of carbonyl (C=O) groups is 2. The number of hydrogen-bond donors (Lipinski definition) is 2. The van der Waals surface area contributed by atoms with Gasteiger partial charge in [-0.1, -0.05) is 44.0 Å². The summed E-state index contributed by atoms with van der Waals surface area (Å²) in [5.41, 5.74) is 10.1. The summed E-state index contributed by atoms with van der Waals surface area (Å²) in [4.78, 5) is 26.9. The third-order valence-electron chi connectivity index (χ3n) is 6.59. The molecule has 8 nitrogen and oxygen atoms in total. The fourth-order valence-electron chi connectivity index (χ4n) is 4.24. The van der Waals surface area contributed by atoms with E-state index < -0.39 is 5.69 Å². The van der Waals surface area contributed by atoms with Gasteiger partial charge in [0.05, 0.1) is 45.1 Å². The third-order valence-corrected chi connectivity index (χ3v) is 9.30. The highest BCUT2D eigenvalue weighted by atomic mass is 32.9. The molecular weight excluding hydrogens is 624 g/mol. The Balaban J connectivity index is 0.000000335. The van der Waals surface area contributed by atoms with Crippen LogP contribution in [0, 0.1) is 20.4 Å². The lowest BCUT2D eigenvalue weighted by molar-refractivity contribution is 0.0591. The van der Waals surface area contributed by atoms with Gasteiger partial charge in [-0.2, -0.15) is 0 Å². The first-order valence-electron chi connectivity index (χ1n) is 13.6. The van der Waals surface area contributed by atoms with Gasteiger partial charge < -0.3 is 24.3 Å². The second kappa shape index (κ2) is 17.8. The first-order valence-corrected chi connectivity index (χ1v) is 17.8. The van der Waals surface area contributed by atoms with Crippen LogP contribution >= 0.6 is 30.2 Å². The highest BCUT2D eigenvalue weighted by Gasteiger charge is 2.29. The van der Waals surface area contributed by atoms with Crippen LogP contribution in [0.1, 0.15) is 107 Å². The van der Waals surface area contributed by atoms with Crippen molar-refractivity contribution in [1.29, 1.82) is 0 Å². The van der Waals surface area contributed by atoms with E-state index in [4.69, 9.17) is 54.9 Å². The second-order valence-electron chi connectivity index (χ2n) is 9.79. The van der Waals surface area contributed by atoms with Gasteiger partial charge in [-0.15, -0.1) is 0 Å². The molecule has 2 saturated carbocycles. The number of nitrogens with two attached hydrogens (primary N) is 1. The smallest absolute Gasteiger partial charge is 0.338 e. The Kier molecular flexibility index (Phi) is 16.1. The van der Waals surface area contributed by atoms with Crippen molar-refractivity contribution in [3.05, 3.63) is 74.6 Å². The van der Waals surface area contributed by atoms with Crippen molar-refractivity contribution in [1.82, 2.24) is 0 Å². The average molecular weight is 667 g/mol. The van der Waals surface area contributed by atoms with E-state index in [9.17, 15) is 9.59 Å². The van der Waals surface area contributed by atoms with Gasteiger partial charge in [0, 0.05) is 5.56 Å². The van der Waals surface area contributed by atoms with Crippen LogP contribution in [0.5, 0.6) is 0 Å². The maximum absolute atomic E-state index is 11.6. The molecule has 43 heavy (non-hydrogen) atoms. The van der Waals surface area contributed by atoms with Gasteiger partial charge in [0.15, 0.2) is 5.69 Å². The molecular formula is C31H43N2O6PS3. The van der Waals surface area contributed by atoms with E-state index in [0.29, 0.717) is 46.9 Å². The number of nitrogens with zero attached hydrogens (tertiary/aromatic N) is 1. The first kappa shape index (κ1) is 38.7. The number of carbonyl (C=O) groups excluding carboxylic acids is 2. The number of ether oxygens (including phenoxy) is 2. The van der Waals surface area contributed by atoms with Crippen molar-refractivity contribution in [3.63, 3.8) is 0 Å². The van der Waals surface area contributed by atoms with E-state index in [1.165, 1.54) is 32.6 Å². The number of thiol groups is 1. The number of rotatable bonds is 9. The lowest BCUT2D eigenvalue weighted by Gasteiger charge is -2.13. The third kappa shape index (κ3) is 11.6. The number of esters is 2. The summed E-state index contributed by atoms with van der Waals surface area (Å²) < 4.78 is 19.5. The molecule has 2 aromatic carbocycles. The number of thiocarbonyl (C=S) groups is 1. The SMILES string of the molecule is C.CCOP(=S)(S)OCC.COC(=O)c1cc(C(N)=S)c(C2CC2)cc1C.[C-]#[N+]c1cc(C(=O)OC)c(C)cc1C1CC1. The van der Waals surface area contributed by atoms with Crippen LogP contribution in [0.2, 0.25) is 0 Å². The van der Waals surface area contributed by atoms with Gasteiger partial charge in [0.2, 0.25) is 5.69 Å². The molecule has 0 bridgehead atoms. The molecule has 2 aromatic rings. The summed E-state index contributed by atoms with van der Waals surface area (Å²) in [6.07, 6.45) is 4.65. The molecule has 4 rings (SSSR count). The van der Waals surface area contributed by atoms with Crippen LogP contribution in [0.4, 0.5) is 5.69 Å². The van der Waals surface area contributed by atoms with Gasteiger partial charge in [0.1, 0.15) is 4.99 Å². The lowest BCUT2D eigenvalue weighted by atomic mass is 9.96. The Bertz CT molecular complexity index is 1390. The standard InChI is InChI=1S/C13H15NO2S.C13H13NO2.C4H11O2PS2.CH4/c1-7-5-10(8-3-4-8)11(12(14)17)6-9(7)13(15)16-2;1-8-6-11(9-4-5-9)12(14-2)7-10(8)13(15)16-3;1-3-5-7(8,9)6-4-2;/h5-6,8H,3-4H2,1-2H3,(H2,14,17);6-7,9H,4-5H2,1,3H3;3-4H2,1-2H3,(H,8,9);1H4. The Morgan fingerprint density at radius 2 is 1.33 bits per heavy atom. The zero-order valence-electron chi connectivity index (χ0n) is 24.9. The molecule has 2 fully saturated rings. The molecule has 2 aliphatic rings. The van der Waals surface area contributed by atoms with Crippen molar-refractivity contribution >= 4 is 64.6 Å². The summed E-state index contributed by atoms with van der Waals surface area (Å²) in [6, 6.07) is 7.38. The van der Waals surface area contributed by atoms with Crippen LogP contribution in [0.3, 0.4) is 0 Å². The van der Waals surface area contributed by atoms with Crippen molar-refractivity contribution in [3.8, 4) is 0 Å². The van der Waals surface area contributed by atoms with Gasteiger partial charge in [-0.25, -0.2) is 14.4 Å². The zero-order valence-corrected chi connectivity index (χ0v) is 28.3. The van der Waals surface area contributed by atoms with E-state index in [0.717, 1.165) is 35.1 Å². The average Bonchev–Trinajstić information content (AvgIpc) is 3.86. The summed E-state index contributed by atoms with van der Waals surface area (Å²) >= 11 is 13.9. The largest absolute Gasteiger partial charge is 0.465 e. The van der Waals surface area contributed by atoms with Gasteiger partial charge >= 0.3 is 11.9 Å². The molecule has 236 valence electrons. The summed E-state index contributed by atoms with van der Waals surface area (Å²) in [7, 11) is 2.73. The van der Waals surface area contributed by atoms with E-state index in [-0.39, 0.29) is 19.4 Å². The van der Waals surface area contributed by atoms with Gasteiger partial charge in [0.25, 0.3) is 0 Å². The predicted octanol–water partition coefficient (Wildman–Crippen LogP) is 8.35. The van der Waals surface area contributed by atoms with Crippen LogP contribution in [0.15, 0.2) is 24.3 Å². The Morgan fingerprint density at radius 3 is 1.70 bits per heavy atom. The zero-order chi connectivity index (χ0) is 31.6. The Labute approximate surface area is 272 Å². The van der Waals surface area contributed by atoms with Crippen molar-refractivity contribution < 1.29 is 28.1 Å².